The predicted octanol–water partition coefficient (Wildman–Crippen LogP) is 9.75. The van der Waals surface area contributed by atoms with Gasteiger partial charge in [-0.1, -0.05) is 105 Å². The fourth-order valence-corrected chi connectivity index (χ4v) is 5.45. The van der Waals surface area contributed by atoms with Gasteiger partial charge >= 0.3 is 7.32 Å². The Hall–Kier alpha value is -4.32. The first kappa shape index (κ1) is 32.1. The Kier molecular flexibility index (Phi) is 11.1. The highest BCUT2D eigenvalue weighted by Crippen LogP contribution is 2.25. The number of quaternary nitrogens is 1. The van der Waals surface area contributed by atoms with E-state index in [0.717, 1.165) is 46.1 Å². The Balaban J connectivity index is 0.000000336. The number of benzene rings is 6. The van der Waals surface area contributed by atoms with Crippen molar-refractivity contribution in [3.8, 4) is 11.5 Å². The smallest absolute Gasteiger partial charge is 0.501 e. The standard InChI is InChI=1S/C30H37BNO3.C10H7/c1-5-6-7-16-30(23-32(2,3)4)35-31(33-28-19-17-24-12-8-10-14-26(24)21-28)34-29-20-18-25-13-9-11-15-27(25)22-29;1-2-6-10-8-4-3-7-9(10)5-1/h8-15,17-22,30H,5-7,16,23H2,1-4H3;1-3,5-8H/q+1;-1. The molecule has 0 aliphatic rings. The molecule has 6 aromatic rings. The lowest BCUT2D eigenvalue weighted by molar-refractivity contribution is -0.873. The first-order valence-electron chi connectivity index (χ1n) is 16.0. The van der Waals surface area contributed by atoms with Gasteiger partial charge in [0.1, 0.15) is 18.0 Å². The Morgan fingerprint density at radius 3 is 1.64 bits per heavy atom. The van der Waals surface area contributed by atoms with Gasteiger partial charge in [-0.15, -0.1) is 16.8 Å². The minimum absolute atomic E-state index is 0.0208. The summed E-state index contributed by atoms with van der Waals surface area (Å²) >= 11 is 0. The van der Waals surface area contributed by atoms with Gasteiger partial charge in [0.25, 0.3) is 0 Å². The summed E-state index contributed by atoms with van der Waals surface area (Å²) in [7, 11) is 5.73. The van der Waals surface area contributed by atoms with Gasteiger partial charge < -0.3 is 18.4 Å². The Bertz CT molecular complexity index is 1650. The van der Waals surface area contributed by atoms with Gasteiger partial charge in [-0.25, -0.2) is 0 Å². The van der Waals surface area contributed by atoms with Crippen molar-refractivity contribution in [3.05, 3.63) is 133 Å². The number of nitrogens with zero attached hydrogens (tertiary/aromatic N) is 1. The van der Waals surface area contributed by atoms with Crippen LogP contribution in [0, 0.1) is 6.07 Å². The minimum atomic E-state index is -0.851. The van der Waals surface area contributed by atoms with E-state index in [0.29, 0.717) is 0 Å². The fraction of sp³-hybridized carbons (Fsp3) is 0.250. The topological polar surface area (TPSA) is 27.7 Å². The molecule has 0 amide bonds. The second-order valence-electron chi connectivity index (χ2n) is 12.5. The van der Waals surface area contributed by atoms with Gasteiger partial charge in [-0.3, -0.25) is 0 Å². The summed E-state index contributed by atoms with van der Waals surface area (Å²) in [4.78, 5) is 0. The third kappa shape index (κ3) is 9.84. The average molecular weight is 598 g/mol. The van der Waals surface area contributed by atoms with E-state index in [1.165, 1.54) is 34.4 Å². The van der Waals surface area contributed by atoms with E-state index in [-0.39, 0.29) is 6.10 Å². The molecule has 0 aliphatic carbocycles. The van der Waals surface area contributed by atoms with Gasteiger partial charge in [0, 0.05) is 0 Å². The van der Waals surface area contributed by atoms with Gasteiger partial charge in [0.05, 0.1) is 27.2 Å². The molecule has 1 unspecified atom stereocenters. The van der Waals surface area contributed by atoms with E-state index in [4.69, 9.17) is 14.0 Å². The maximum absolute atomic E-state index is 6.55. The van der Waals surface area contributed by atoms with Crippen molar-refractivity contribution in [2.24, 2.45) is 0 Å². The third-order valence-corrected chi connectivity index (χ3v) is 7.69. The normalized spacial score (nSPS) is 12.0. The van der Waals surface area contributed by atoms with Crippen molar-refractivity contribution >= 4 is 39.6 Å². The molecule has 0 bridgehead atoms. The minimum Gasteiger partial charge on any atom is -0.501 e. The van der Waals surface area contributed by atoms with E-state index in [9.17, 15) is 0 Å². The van der Waals surface area contributed by atoms with Crippen molar-refractivity contribution < 1.29 is 18.4 Å². The zero-order valence-electron chi connectivity index (χ0n) is 27.0. The van der Waals surface area contributed by atoms with E-state index < -0.39 is 7.32 Å². The van der Waals surface area contributed by atoms with E-state index in [1.54, 1.807) is 0 Å². The molecule has 0 heterocycles. The maximum atomic E-state index is 6.55. The number of hydrogen-bond donors (Lipinski definition) is 0. The van der Waals surface area contributed by atoms with E-state index in [2.05, 4.69) is 88.7 Å². The predicted molar refractivity (Wildman–Crippen MR) is 190 cm³/mol. The second kappa shape index (κ2) is 15.6. The molecular formula is C40H44BNO3. The number of hydrogen-bond acceptors (Lipinski definition) is 3. The number of fused-ring (bicyclic) bond motifs is 3. The summed E-state index contributed by atoms with van der Waals surface area (Å²) in [5.74, 6) is 1.46. The fourth-order valence-electron chi connectivity index (χ4n) is 5.45. The molecule has 0 radical (unpaired) electrons. The van der Waals surface area contributed by atoms with Crippen molar-refractivity contribution in [3.63, 3.8) is 0 Å². The van der Waals surface area contributed by atoms with Crippen LogP contribution in [0.2, 0.25) is 0 Å². The summed E-state index contributed by atoms with van der Waals surface area (Å²) in [6.45, 7) is 3.10. The first-order valence-corrected chi connectivity index (χ1v) is 16.0. The molecule has 45 heavy (non-hydrogen) atoms. The Morgan fingerprint density at radius 1 is 0.622 bits per heavy atom. The van der Waals surface area contributed by atoms with Gasteiger partial charge in [0.15, 0.2) is 0 Å². The summed E-state index contributed by atoms with van der Waals surface area (Å²) in [6.07, 6.45) is 4.50. The molecule has 0 aliphatic heterocycles. The van der Waals surface area contributed by atoms with Crippen LogP contribution in [-0.2, 0) is 4.65 Å². The van der Waals surface area contributed by atoms with Crippen LogP contribution < -0.4 is 9.31 Å². The molecule has 6 aromatic carbocycles. The molecule has 1 atom stereocenters. The summed E-state index contributed by atoms with van der Waals surface area (Å²) in [6, 6.07) is 46.0. The number of unbranched alkanes of at least 4 members (excludes halogenated alkanes) is 2. The van der Waals surface area contributed by atoms with Crippen LogP contribution in [-0.4, -0.2) is 45.6 Å². The van der Waals surface area contributed by atoms with E-state index in [1.807, 2.05) is 72.8 Å². The third-order valence-electron chi connectivity index (χ3n) is 7.69. The van der Waals surface area contributed by atoms with Gasteiger partial charge in [-0.2, -0.15) is 24.3 Å². The number of rotatable bonds is 12. The molecule has 0 saturated carbocycles. The summed E-state index contributed by atoms with van der Waals surface area (Å²) < 4.78 is 20.0. The lowest BCUT2D eigenvalue weighted by Crippen LogP contribution is -2.46. The zero-order chi connectivity index (χ0) is 31.5. The highest BCUT2D eigenvalue weighted by atomic mass is 16.7. The van der Waals surface area contributed by atoms with Crippen LogP contribution >= 0.6 is 0 Å². The van der Waals surface area contributed by atoms with E-state index >= 15 is 0 Å². The average Bonchev–Trinajstić information content (AvgIpc) is 3.04. The number of likely N-dealkylation sites (N-methyl/N-ethyl adjacent to an activating group) is 1. The van der Waals surface area contributed by atoms with Crippen LogP contribution in [0.4, 0.5) is 0 Å². The largest absolute Gasteiger partial charge is 0.788 e. The van der Waals surface area contributed by atoms with Crippen LogP contribution in [0.3, 0.4) is 0 Å². The molecule has 0 N–H and O–H groups in total. The summed E-state index contributed by atoms with van der Waals surface area (Å²) in [5, 5.41) is 7.14. The monoisotopic (exact) mass is 597 g/mol. The van der Waals surface area contributed by atoms with Gasteiger partial charge in [0.2, 0.25) is 0 Å². The highest BCUT2D eigenvalue weighted by molar-refractivity contribution is 6.38. The van der Waals surface area contributed by atoms with Crippen LogP contribution in [0.15, 0.2) is 127 Å². The van der Waals surface area contributed by atoms with Crippen LogP contribution in [0.5, 0.6) is 11.5 Å². The molecule has 4 nitrogen and oxygen atoms in total. The molecule has 5 heteroatoms. The maximum Gasteiger partial charge on any atom is 0.788 e. The van der Waals surface area contributed by atoms with Gasteiger partial charge in [-0.05, 0) is 52.2 Å². The Morgan fingerprint density at radius 2 is 1.13 bits per heavy atom. The van der Waals surface area contributed by atoms with Crippen molar-refractivity contribution in [1.82, 2.24) is 0 Å². The molecular weight excluding hydrogens is 553 g/mol. The quantitative estimate of drug-likeness (QED) is 0.0608. The molecule has 0 spiro atoms. The van der Waals surface area contributed by atoms with Crippen LogP contribution in [0.1, 0.15) is 32.6 Å². The Labute approximate surface area is 268 Å². The SMILES string of the molecule is CCCCCC(C[N+](C)(C)C)OB(Oc1ccc2ccccc2c1)Oc1ccc2ccccc2c1.[c-]1ccc2ccccc2c1. The molecule has 0 saturated heterocycles. The van der Waals surface area contributed by atoms with Crippen LogP contribution in [0.25, 0.3) is 32.3 Å². The zero-order valence-corrected chi connectivity index (χ0v) is 27.0. The lowest BCUT2D eigenvalue weighted by Gasteiger charge is -2.30. The van der Waals surface area contributed by atoms with Crippen molar-refractivity contribution in [2.75, 3.05) is 27.7 Å². The molecule has 6 rings (SSSR count). The van der Waals surface area contributed by atoms with Crippen molar-refractivity contribution in [1.29, 1.82) is 0 Å². The molecule has 0 fully saturated rings. The second-order valence-corrected chi connectivity index (χ2v) is 12.5. The molecule has 230 valence electrons. The highest BCUT2D eigenvalue weighted by Gasteiger charge is 2.33. The van der Waals surface area contributed by atoms with Crippen molar-refractivity contribution in [2.45, 2.75) is 38.7 Å². The summed E-state index contributed by atoms with van der Waals surface area (Å²) in [5.41, 5.74) is 0. The lowest BCUT2D eigenvalue weighted by atomic mass is 10.1. The molecule has 0 aromatic heterocycles. The first-order chi connectivity index (χ1) is 21.9.